The summed E-state index contributed by atoms with van der Waals surface area (Å²) in [4.78, 5) is 34.4. The lowest BCUT2D eigenvalue weighted by Gasteiger charge is -2.30. The monoisotopic (exact) mass is 353 g/mol. The van der Waals surface area contributed by atoms with Crippen molar-refractivity contribution in [1.82, 2.24) is 9.97 Å². The van der Waals surface area contributed by atoms with E-state index in [1.165, 1.54) is 6.92 Å². The summed E-state index contributed by atoms with van der Waals surface area (Å²) in [5.74, 6) is 0.957. The molecular formula is C19H23N5O2. The molecule has 1 saturated heterocycles. The molecule has 0 aliphatic carbocycles. The quantitative estimate of drug-likeness (QED) is 0.882. The Labute approximate surface area is 152 Å². The third-order valence-electron chi connectivity index (χ3n) is 4.41. The molecule has 2 heterocycles. The summed E-state index contributed by atoms with van der Waals surface area (Å²) in [6.07, 6.45) is 5.37. The molecule has 0 spiro atoms. The van der Waals surface area contributed by atoms with Crippen molar-refractivity contribution in [2.24, 2.45) is 5.92 Å². The summed E-state index contributed by atoms with van der Waals surface area (Å²) in [7, 11) is 0. The van der Waals surface area contributed by atoms with Crippen LogP contribution in [0.4, 0.5) is 17.3 Å². The molecule has 1 aliphatic rings. The molecule has 0 unspecified atom stereocenters. The second-order valence-corrected chi connectivity index (χ2v) is 6.66. The van der Waals surface area contributed by atoms with Gasteiger partial charge in [-0.2, -0.15) is 0 Å². The van der Waals surface area contributed by atoms with Gasteiger partial charge in [0.05, 0.1) is 5.56 Å². The highest BCUT2D eigenvalue weighted by atomic mass is 16.2. The maximum absolute atomic E-state index is 12.4. The average Bonchev–Trinajstić information content (AvgIpc) is 2.62. The molecule has 7 nitrogen and oxygen atoms in total. The van der Waals surface area contributed by atoms with Crippen molar-refractivity contribution in [3.8, 4) is 0 Å². The standard InChI is InChI=1S/C19H23N5O2/c1-13-6-8-24(9-7-13)19-20-11-15(12-21-19)18(26)23-17-5-3-4-16(10-17)22-14(2)25/h3-5,10-13H,6-9H2,1-2H3,(H,22,25)(H,23,26). The first kappa shape index (κ1) is 17.8. The molecule has 136 valence electrons. The van der Waals surface area contributed by atoms with Crippen LogP contribution in [0.5, 0.6) is 0 Å². The van der Waals surface area contributed by atoms with Crippen LogP contribution in [0.25, 0.3) is 0 Å². The van der Waals surface area contributed by atoms with Gasteiger partial charge < -0.3 is 15.5 Å². The van der Waals surface area contributed by atoms with Gasteiger partial charge in [-0.3, -0.25) is 9.59 Å². The smallest absolute Gasteiger partial charge is 0.258 e. The Morgan fingerprint density at radius 1 is 1.08 bits per heavy atom. The molecule has 7 heteroatoms. The topological polar surface area (TPSA) is 87.2 Å². The van der Waals surface area contributed by atoms with Crippen LogP contribution in [0.15, 0.2) is 36.7 Å². The van der Waals surface area contributed by atoms with Crippen LogP contribution in [0.1, 0.15) is 37.0 Å². The minimum absolute atomic E-state index is 0.162. The van der Waals surface area contributed by atoms with Gasteiger partial charge in [0.15, 0.2) is 0 Å². The number of hydrogen-bond acceptors (Lipinski definition) is 5. The summed E-state index contributed by atoms with van der Waals surface area (Å²) >= 11 is 0. The predicted octanol–water partition coefficient (Wildman–Crippen LogP) is 2.92. The van der Waals surface area contributed by atoms with Gasteiger partial charge in [-0.05, 0) is 37.0 Å². The van der Waals surface area contributed by atoms with Crippen LogP contribution in [0.3, 0.4) is 0 Å². The Morgan fingerprint density at radius 2 is 1.69 bits per heavy atom. The Morgan fingerprint density at radius 3 is 2.31 bits per heavy atom. The van der Waals surface area contributed by atoms with Crippen LogP contribution < -0.4 is 15.5 Å². The zero-order valence-corrected chi connectivity index (χ0v) is 15.0. The van der Waals surface area contributed by atoms with Crippen LogP contribution in [0, 0.1) is 5.92 Å². The Hall–Kier alpha value is -2.96. The number of hydrogen-bond donors (Lipinski definition) is 2. The maximum Gasteiger partial charge on any atom is 0.258 e. The highest BCUT2D eigenvalue weighted by molar-refractivity contribution is 6.04. The first-order valence-electron chi connectivity index (χ1n) is 8.77. The number of aromatic nitrogens is 2. The Balaban J connectivity index is 1.64. The highest BCUT2D eigenvalue weighted by Crippen LogP contribution is 2.20. The maximum atomic E-state index is 12.4. The van der Waals surface area contributed by atoms with Crippen LogP contribution in [0.2, 0.25) is 0 Å². The summed E-state index contributed by atoms with van der Waals surface area (Å²) in [5, 5.41) is 5.48. The van der Waals surface area contributed by atoms with Gasteiger partial charge in [0, 0.05) is 43.8 Å². The zero-order chi connectivity index (χ0) is 18.5. The van der Waals surface area contributed by atoms with Crippen molar-refractivity contribution >= 4 is 29.1 Å². The fraction of sp³-hybridized carbons (Fsp3) is 0.368. The van der Waals surface area contributed by atoms with Crippen molar-refractivity contribution in [2.75, 3.05) is 28.6 Å². The van der Waals surface area contributed by atoms with Crippen LogP contribution >= 0.6 is 0 Å². The SMILES string of the molecule is CC(=O)Nc1cccc(NC(=O)c2cnc(N3CCC(C)CC3)nc2)c1. The lowest BCUT2D eigenvalue weighted by atomic mass is 10.00. The molecule has 0 saturated carbocycles. The molecule has 0 bridgehead atoms. The minimum atomic E-state index is -0.288. The molecule has 1 aromatic heterocycles. The first-order chi connectivity index (χ1) is 12.5. The van der Waals surface area contributed by atoms with E-state index in [-0.39, 0.29) is 11.8 Å². The highest BCUT2D eigenvalue weighted by Gasteiger charge is 2.18. The van der Waals surface area contributed by atoms with Crippen molar-refractivity contribution in [2.45, 2.75) is 26.7 Å². The number of piperidine rings is 1. The third-order valence-corrected chi connectivity index (χ3v) is 4.41. The lowest BCUT2D eigenvalue weighted by molar-refractivity contribution is -0.114. The van der Waals surface area contributed by atoms with Crippen molar-refractivity contribution in [3.05, 3.63) is 42.2 Å². The van der Waals surface area contributed by atoms with E-state index in [1.807, 2.05) is 0 Å². The molecule has 2 aromatic rings. The Bertz CT molecular complexity index is 783. The van der Waals surface area contributed by atoms with Gasteiger partial charge in [0.1, 0.15) is 0 Å². The first-order valence-corrected chi connectivity index (χ1v) is 8.77. The van der Waals surface area contributed by atoms with E-state index in [0.717, 1.165) is 31.8 Å². The summed E-state index contributed by atoms with van der Waals surface area (Å²) in [5.41, 5.74) is 1.61. The second-order valence-electron chi connectivity index (χ2n) is 6.66. The fourth-order valence-electron chi connectivity index (χ4n) is 2.89. The number of carbonyl (C=O) groups excluding carboxylic acids is 2. The van der Waals surface area contributed by atoms with E-state index < -0.39 is 0 Å². The minimum Gasteiger partial charge on any atom is -0.341 e. The largest absolute Gasteiger partial charge is 0.341 e. The summed E-state index contributed by atoms with van der Waals surface area (Å²) in [6.45, 7) is 5.59. The molecule has 3 rings (SSSR count). The zero-order valence-electron chi connectivity index (χ0n) is 15.0. The fourth-order valence-corrected chi connectivity index (χ4v) is 2.89. The van der Waals surface area contributed by atoms with E-state index in [1.54, 1.807) is 36.7 Å². The predicted molar refractivity (Wildman–Crippen MR) is 101 cm³/mol. The van der Waals surface area contributed by atoms with Gasteiger partial charge in [-0.15, -0.1) is 0 Å². The lowest BCUT2D eigenvalue weighted by Crippen LogP contribution is -2.34. The van der Waals surface area contributed by atoms with Gasteiger partial charge in [0.25, 0.3) is 5.91 Å². The Kier molecular flexibility index (Phi) is 5.46. The average molecular weight is 353 g/mol. The number of rotatable bonds is 4. The molecule has 1 fully saturated rings. The third kappa shape index (κ3) is 4.56. The molecule has 26 heavy (non-hydrogen) atoms. The molecule has 0 radical (unpaired) electrons. The molecular weight excluding hydrogens is 330 g/mol. The summed E-state index contributed by atoms with van der Waals surface area (Å²) < 4.78 is 0. The number of anilines is 3. The molecule has 0 atom stereocenters. The molecule has 1 aliphatic heterocycles. The molecule has 2 amide bonds. The normalized spacial score (nSPS) is 14.8. The van der Waals surface area contributed by atoms with E-state index in [2.05, 4.69) is 32.4 Å². The van der Waals surface area contributed by atoms with Crippen LogP contribution in [-0.2, 0) is 4.79 Å². The van der Waals surface area contributed by atoms with E-state index in [0.29, 0.717) is 22.9 Å². The van der Waals surface area contributed by atoms with Crippen molar-refractivity contribution in [1.29, 1.82) is 0 Å². The van der Waals surface area contributed by atoms with Gasteiger partial charge in [-0.25, -0.2) is 9.97 Å². The molecule has 1 aromatic carbocycles. The number of nitrogens with one attached hydrogen (secondary N) is 2. The van der Waals surface area contributed by atoms with Gasteiger partial charge in [0.2, 0.25) is 11.9 Å². The van der Waals surface area contributed by atoms with Crippen LogP contribution in [-0.4, -0.2) is 34.9 Å². The van der Waals surface area contributed by atoms with Gasteiger partial charge in [-0.1, -0.05) is 13.0 Å². The number of nitrogens with zero attached hydrogens (tertiary/aromatic N) is 3. The number of amides is 2. The van der Waals surface area contributed by atoms with E-state index in [9.17, 15) is 9.59 Å². The molecule has 2 N–H and O–H groups in total. The van der Waals surface area contributed by atoms with Crippen molar-refractivity contribution < 1.29 is 9.59 Å². The van der Waals surface area contributed by atoms with Crippen molar-refractivity contribution in [3.63, 3.8) is 0 Å². The number of carbonyl (C=O) groups is 2. The van der Waals surface area contributed by atoms with E-state index in [4.69, 9.17) is 0 Å². The summed E-state index contributed by atoms with van der Waals surface area (Å²) in [6, 6.07) is 6.98. The second kappa shape index (κ2) is 7.95. The number of benzene rings is 1. The van der Waals surface area contributed by atoms with Gasteiger partial charge >= 0.3 is 0 Å². The van der Waals surface area contributed by atoms with E-state index >= 15 is 0 Å².